The van der Waals surface area contributed by atoms with Crippen molar-refractivity contribution in [3.8, 4) is 0 Å². The molecule has 2 aromatic rings. The molecule has 1 aliphatic rings. The number of piperidine rings is 1. The molecular formula is C16H21N3. The molecule has 100 valence electrons. The van der Waals surface area contributed by atoms with Gasteiger partial charge < -0.3 is 10.2 Å². The summed E-state index contributed by atoms with van der Waals surface area (Å²) in [4.78, 5) is 7.17. The maximum absolute atomic E-state index is 4.73. The first kappa shape index (κ1) is 12.3. The summed E-state index contributed by atoms with van der Waals surface area (Å²) < 4.78 is 0. The van der Waals surface area contributed by atoms with Crippen LogP contribution in [-0.4, -0.2) is 25.1 Å². The first-order valence-electron chi connectivity index (χ1n) is 7.12. The fourth-order valence-corrected chi connectivity index (χ4v) is 2.99. The second-order valence-corrected chi connectivity index (χ2v) is 5.29. The van der Waals surface area contributed by atoms with Crippen LogP contribution >= 0.6 is 0 Å². The van der Waals surface area contributed by atoms with Gasteiger partial charge in [-0.2, -0.15) is 0 Å². The van der Waals surface area contributed by atoms with Gasteiger partial charge in [0.2, 0.25) is 0 Å². The second kappa shape index (κ2) is 5.08. The molecule has 19 heavy (non-hydrogen) atoms. The highest BCUT2D eigenvalue weighted by Gasteiger charge is 2.17. The van der Waals surface area contributed by atoms with E-state index in [0.717, 1.165) is 24.6 Å². The van der Waals surface area contributed by atoms with Crippen molar-refractivity contribution in [2.45, 2.75) is 26.2 Å². The van der Waals surface area contributed by atoms with E-state index in [1.54, 1.807) is 0 Å². The summed E-state index contributed by atoms with van der Waals surface area (Å²) in [5, 5.41) is 5.82. The normalized spacial score (nSPS) is 15.8. The Balaban J connectivity index is 2.19. The number of hydrogen-bond donors (Lipinski definition) is 1. The molecule has 0 atom stereocenters. The van der Waals surface area contributed by atoms with Crippen LogP contribution in [0.2, 0.25) is 0 Å². The van der Waals surface area contributed by atoms with Gasteiger partial charge in [-0.3, -0.25) is 0 Å². The highest BCUT2D eigenvalue weighted by molar-refractivity contribution is 6.02. The molecule has 1 saturated heterocycles. The van der Waals surface area contributed by atoms with Crippen LogP contribution in [0.5, 0.6) is 0 Å². The molecule has 2 heterocycles. The molecule has 1 fully saturated rings. The number of benzene rings is 1. The number of rotatable bonds is 2. The minimum Gasteiger partial charge on any atom is -0.386 e. The Morgan fingerprint density at radius 1 is 1.16 bits per heavy atom. The van der Waals surface area contributed by atoms with Crippen molar-refractivity contribution in [3.63, 3.8) is 0 Å². The molecule has 0 saturated carbocycles. The van der Waals surface area contributed by atoms with Gasteiger partial charge in [0.05, 0.1) is 11.9 Å². The van der Waals surface area contributed by atoms with Gasteiger partial charge in [-0.05, 0) is 31.7 Å². The van der Waals surface area contributed by atoms with Crippen molar-refractivity contribution in [1.29, 1.82) is 0 Å². The molecule has 0 bridgehead atoms. The van der Waals surface area contributed by atoms with Gasteiger partial charge in [-0.1, -0.05) is 18.2 Å². The minimum atomic E-state index is 1.11. The molecule has 1 N–H and O–H groups in total. The Hall–Kier alpha value is -1.77. The van der Waals surface area contributed by atoms with Crippen molar-refractivity contribution in [3.05, 3.63) is 30.0 Å². The quantitative estimate of drug-likeness (QED) is 0.889. The van der Waals surface area contributed by atoms with E-state index in [9.17, 15) is 0 Å². The smallest absolute Gasteiger partial charge is 0.136 e. The summed E-state index contributed by atoms with van der Waals surface area (Å²) in [6.45, 7) is 4.45. The Kier molecular flexibility index (Phi) is 3.28. The molecule has 3 rings (SSSR count). The average molecular weight is 255 g/mol. The van der Waals surface area contributed by atoms with E-state index in [-0.39, 0.29) is 0 Å². The number of fused-ring (bicyclic) bond motifs is 1. The summed E-state index contributed by atoms with van der Waals surface area (Å²) in [6, 6.07) is 6.48. The summed E-state index contributed by atoms with van der Waals surface area (Å²) in [5.41, 5.74) is 2.42. The van der Waals surface area contributed by atoms with E-state index in [0.29, 0.717) is 0 Å². The second-order valence-electron chi connectivity index (χ2n) is 5.29. The monoisotopic (exact) mass is 255 g/mol. The molecule has 1 aromatic carbocycles. The molecule has 0 radical (unpaired) electrons. The number of anilines is 2. The summed E-state index contributed by atoms with van der Waals surface area (Å²) in [6.07, 6.45) is 5.87. The average Bonchev–Trinajstić information content (AvgIpc) is 2.47. The number of hydrogen-bond acceptors (Lipinski definition) is 3. The van der Waals surface area contributed by atoms with Crippen LogP contribution < -0.4 is 10.2 Å². The highest BCUT2D eigenvalue weighted by Crippen LogP contribution is 2.33. The lowest BCUT2D eigenvalue weighted by Gasteiger charge is -2.29. The van der Waals surface area contributed by atoms with Crippen molar-refractivity contribution < 1.29 is 0 Å². The van der Waals surface area contributed by atoms with Crippen LogP contribution in [0.1, 0.15) is 24.8 Å². The molecule has 1 aromatic heterocycles. The molecule has 3 heteroatoms. The fraction of sp³-hybridized carbons (Fsp3) is 0.438. The minimum absolute atomic E-state index is 1.11. The van der Waals surface area contributed by atoms with Gasteiger partial charge in [-0.25, -0.2) is 4.98 Å². The first-order valence-corrected chi connectivity index (χ1v) is 7.12. The number of pyridine rings is 1. The molecule has 0 spiro atoms. The topological polar surface area (TPSA) is 28.2 Å². The number of aromatic nitrogens is 1. The van der Waals surface area contributed by atoms with Gasteiger partial charge >= 0.3 is 0 Å². The van der Waals surface area contributed by atoms with Gasteiger partial charge in [0.15, 0.2) is 0 Å². The number of nitrogens with one attached hydrogen (secondary N) is 1. The molecule has 1 aliphatic heterocycles. The van der Waals surface area contributed by atoms with Gasteiger partial charge in [0.25, 0.3) is 0 Å². The van der Waals surface area contributed by atoms with E-state index in [2.05, 4.69) is 35.3 Å². The van der Waals surface area contributed by atoms with Gasteiger partial charge in [-0.15, -0.1) is 0 Å². The first-order chi connectivity index (χ1) is 9.31. The number of aryl methyl sites for hydroxylation is 1. The van der Waals surface area contributed by atoms with Crippen LogP contribution in [0.3, 0.4) is 0 Å². The van der Waals surface area contributed by atoms with Crippen LogP contribution in [0, 0.1) is 6.92 Å². The van der Waals surface area contributed by atoms with Crippen LogP contribution in [-0.2, 0) is 0 Å². The predicted octanol–water partition coefficient (Wildman–Crippen LogP) is 3.58. The molecule has 0 amide bonds. The van der Waals surface area contributed by atoms with E-state index in [4.69, 9.17) is 4.98 Å². The zero-order valence-corrected chi connectivity index (χ0v) is 11.7. The van der Waals surface area contributed by atoms with Crippen molar-refractivity contribution >= 4 is 22.3 Å². The van der Waals surface area contributed by atoms with Crippen molar-refractivity contribution in [2.75, 3.05) is 30.4 Å². The lowest BCUT2D eigenvalue weighted by atomic mass is 10.0. The molecular weight excluding hydrogens is 234 g/mol. The lowest BCUT2D eigenvalue weighted by Crippen LogP contribution is -2.30. The molecule has 0 aliphatic carbocycles. The van der Waals surface area contributed by atoms with Crippen LogP contribution in [0.4, 0.5) is 11.5 Å². The SMILES string of the molecule is CNc1cnc(N2CCCCC2)c2c(C)cccc12. The summed E-state index contributed by atoms with van der Waals surface area (Å²) >= 11 is 0. The third-order valence-corrected chi connectivity index (χ3v) is 4.03. The Bertz CT molecular complexity index is 586. The van der Waals surface area contributed by atoms with Crippen LogP contribution in [0.25, 0.3) is 10.8 Å². The Morgan fingerprint density at radius 2 is 1.95 bits per heavy atom. The summed E-state index contributed by atoms with van der Waals surface area (Å²) in [7, 11) is 1.96. The predicted molar refractivity (Wildman–Crippen MR) is 82.1 cm³/mol. The van der Waals surface area contributed by atoms with E-state index >= 15 is 0 Å². The maximum atomic E-state index is 4.73. The highest BCUT2D eigenvalue weighted by atomic mass is 15.2. The van der Waals surface area contributed by atoms with E-state index in [1.165, 1.54) is 35.6 Å². The number of nitrogens with zero attached hydrogens (tertiary/aromatic N) is 2. The maximum Gasteiger partial charge on any atom is 0.136 e. The van der Waals surface area contributed by atoms with Crippen LogP contribution in [0.15, 0.2) is 24.4 Å². The zero-order valence-electron chi connectivity index (χ0n) is 11.7. The molecule has 0 unspecified atom stereocenters. The van der Waals surface area contributed by atoms with E-state index in [1.807, 2.05) is 13.2 Å². The Labute approximate surface area is 114 Å². The Morgan fingerprint density at radius 3 is 2.68 bits per heavy atom. The lowest BCUT2D eigenvalue weighted by molar-refractivity contribution is 0.575. The third-order valence-electron chi connectivity index (χ3n) is 4.03. The van der Waals surface area contributed by atoms with Gasteiger partial charge in [0.1, 0.15) is 5.82 Å². The standard InChI is InChI=1S/C16H21N3/c1-12-7-6-8-13-14(17-2)11-18-16(15(12)13)19-9-4-3-5-10-19/h6-8,11,17H,3-5,9-10H2,1-2H3. The zero-order chi connectivity index (χ0) is 13.2. The van der Waals surface area contributed by atoms with E-state index < -0.39 is 0 Å². The summed E-state index contributed by atoms with van der Waals surface area (Å²) in [5.74, 6) is 1.16. The largest absolute Gasteiger partial charge is 0.386 e. The fourth-order valence-electron chi connectivity index (χ4n) is 2.99. The van der Waals surface area contributed by atoms with Crippen molar-refractivity contribution in [2.24, 2.45) is 0 Å². The molecule has 3 nitrogen and oxygen atoms in total. The van der Waals surface area contributed by atoms with Gasteiger partial charge in [0, 0.05) is 30.9 Å². The van der Waals surface area contributed by atoms with Crippen molar-refractivity contribution in [1.82, 2.24) is 4.98 Å². The third kappa shape index (κ3) is 2.14.